The van der Waals surface area contributed by atoms with Crippen molar-refractivity contribution in [1.82, 2.24) is 9.97 Å². The molecule has 0 aliphatic carbocycles. The van der Waals surface area contributed by atoms with E-state index in [1.54, 1.807) is 31.5 Å². The Bertz CT molecular complexity index is 1510. The number of carbonyl (C=O) groups is 1. The van der Waals surface area contributed by atoms with Crippen molar-refractivity contribution >= 4 is 22.4 Å². The molecule has 0 radical (unpaired) electrons. The number of hydrogen-bond acceptors (Lipinski definition) is 6. The first-order valence-electron chi connectivity index (χ1n) is 11.3. The van der Waals surface area contributed by atoms with Crippen molar-refractivity contribution in [2.45, 2.75) is 6.61 Å². The van der Waals surface area contributed by atoms with E-state index >= 15 is 0 Å². The molecule has 5 aromatic rings. The molecule has 0 saturated carbocycles. The Morgan fingerprint density at radius 1 is 0.806 bits per heavy atom. The topological polar surface area (TPSA) is 82.6 Å². The van der Waals surface area contributed by atoms with Crippen LogP contribution in [-0.2, 0) is 11.3 Å². The first kappa shape index (κ1) is 23.0. The predicted molar refractivity (Wildman–Crippen MR) is 138 cm³/mol. The van der Waals surface area contributed by atoms with Crippen LogP contribution in [0.2, 0.25) is 0 Å². The lowest BCUT2D eigenvalue weighted by molar-refractivity contribution is 0.102. The summed E-state index contributed by atoms with van der Waals surface area (Å²) in [6, 6.07) is 29.6. The lowest BCUT2D eigenvalue weighted by Crippen LogP contribution is -2.12. The van der Waals surface area contributed by atoms with E-state index in [0.29, 0.717) is 41.1 Å². The second-order valence-corrected chi connectivity index (χ2v) is 7.93. The van der Waals surface area contributed by atoms with Crippen LogP contribution in [0.1, 0.15) is 16.2 Å². The van der Waals surface area contributed by atoms with Gasteiger partial charge in [-0.15, -0.1) is 0 Å². The van der Waals surface area contributed by atoms with Crippen LogP contribution in [0, 0.1) is 0 Å². The van der Waals surface area contributed by atoms with E-state index in [-0.39, 0.29) is 5.91 Å². The highest BCUT2D eigenvalue weighted by atomic mass is 16.5. The van der Waals surface area contributed by atoms with Gasteiger partial charge in [-0.1, -0.05) is 36.4 Å². The van der Waals surface area contributed by atoms with Gasteiger partial charge in [0.15, 0.2) is 5.82 Å². The van der Waals surface area contributed by atoms with Gasteiger partial charge >= 0.3 is 0 Å². The molecule has 178 valence electrons. The largest absolute Gasteiger partial charge is 0.457 e. The minimum Gasteiger partial charge on any atom is -0.457 e. The van der Waals surface area contributed by atoms with Gasteiger partial charge in [0.1, 0.15) is 23.9 Å². The summed E-state index contributed by atoms with van der Waals surface area (Å²) in [7, 11) is 1.59. The van der Waals surface area contributed by atoms with Gasteiger partial charge in [0.2, 0.25) is 5.88 Å². The Hall–Kier alpha value is -4.75. The van der Waals surface area contributed by atoms with E-state index in [2.05, 4.69) is 15.3 Å². The number of para-hydroxylation sites is 1. The van der Waals surface area contributed by atoms with Crippen molar-refractivity contribution in [3.05, 3.63) is 115 Å². The number of fused-ring (bicyclic) bond motifs is 1. The SMILES string of the molecule is COCc1nccc(Oc2ccc3c(C(=O)Nc4cccc(Oc5ccccc5)c4)cccc3c2)n1. The number of benzene rings is 4. The fourth-order valence-corrected chi connectivity index (χ4v) is 3.74. The molecule has 0 aliphatic rings. The highest BCUT2D eigenvalue weighted by molar-refractivity contribution is 6.13. The van der Waals surface area contributed by atoms with Gasteiger partial charge in [-0.2, -0.15) is 4.98 Å². The molecular weight excluding hydrogens is 454 g/mol. The fourth-order valence-electron chi connectivity index (χ4n) is 3.74. The van der Waals surface area contributed by atoms with E-state index in [0.717, 1.165) is 16.5 Å². The number of amides is 1. The number of carbonyl (C=O) groups excluding carboxylic acids is 1. The van der Waals surface area contributed by atoms with Crippen molar-refractivity contribution < 1.29 is 19.0 Å². The summed E-state index contributed by atoms with van der Waals surface area (Å²) in [5, 5.41) is 4.65. The Labute approximate surface area is 208 Å². The number of anilines is 1. The molecule has 1 heterocycles. The molecule has 0 bridgehead atoms. The number of methoxy groups -OCH3 is 1. The summed E-state index contributed by atoms with van der Waals surface area (Å²) in [5.74, 6) is 2.71. The van der Waals surface area contributed by atoms with E-state index in [4.69, 9.17) is 14.2 Å². The molecule has 0 saturated heterocycles. The molecular formula is C29H23N3O4. The third-order valence-electron chi connectivity index (χ3n) is 5.34. The summed E-state index contributed by atoms with van der Waals surface area (Å²) in [6.45, 7) is 0.300. The van der Waals surface area contributed by atoms with Crippen LogP contribution in [0.15, 0.2) is 103 Å². The van der Waals surface area contributed by atoms with Gasteiger partial charge in [0, 0.05) is 36.7 Å². The average Bonchev–Trinajstić information content (AvgIpc) is 2.89. The summed E-state index contributed by atoms with van der Waals surface area (Å²) >= 11 is 0. The van der Waals surface area contributed by atoms with Gasteiger partial charge in [-0.3, -0.25) is 4.79 Å². The number of hydrogen-bond donors (Lipinski definition) is 1. The van der Waals surface area contributed by atoms with Crippen LogP contribution < -0.4 is 14.8 Å². The molecule has 0 spiro atoms. The van der Waals surface area contributed by atoms with Gasteiger partial charge in [-0.25, -0.2) is 4.98 Å². The number of nitrogens with one attached hydrogen (secondary N) is 1. The zero-order chi connectivity index (χ0) is 24.7. The Morgan fingerprint density at radius 3 is 2.47 bits per heavy atom. The molecule has 7 nitrogen and oxygen atoms in total. The summed E-state index contributed by atoms with van der Waals surface area (Å²) in [4.78, 5) is 21.6. The number of aromatic nitrogens is 2. The third-order valence-corrected chi connectivity index (χ3v) is 5.34. The smallest absolute Gasteiger partial charge is 0.256 e. The van der Waals surface area contributed by atoms with E-state index < -0.39 is 0 Å². The Kier molecular flexibility index (Phi) is 6.82. The summed E-state index contributed by atoms with van der Waals surface area (Å²) in [6.07, 6.45) is 1.63. The number of rotatable bonds is 8. The zero-order valence-electron chi connectivity index (χ0n) is 19.5. The minimum absolute atomic E-state index is 0.217. The number of nitrogens with zero attached hydrogens (tertiary/aromatic N) is 2. The van der Waals surface area contributed by atoms with Gasteiger partial charge in [0.05, 0.1) is 0 Å². The van der Waals surface area contributed by atoms with E-state index in [1.165, 1.54) is 0 Å². The van der Waals surface area contributed by atoms with Crippen LogP contribution in [0.4, 0.5) is 5.69 Å². The standard InChI is InChI=1S/C29H23N3O4/c1-34-19-27-30-16-15-28(32-27)36-24-13-14-25-20(17-24)7-5-12-26(25)29(33)31-21-8-6-11-23(18-21)35-22-9-3-2-4-10-22/h2-18H,19H2,1H3,(H,31,33). The lowest BCUT2D eigenvalue weighted by Gasteiger charge is -2.11. The quantitative estimate of drug-likeness (QED) is 0.271. The normalized spacial score (nSPS) is 10.7. The zero-order valence-corrected chi connectivity index (χ0v) is 19.5. The van der Waals surface area contributed by atoms with Gasteiger partial charge in [0.25, 0.3) is 5.91 Å². The number of ether oxygens (including phenoxy) is 3. The van der Waals surface area contributed by atoms with Crippen molar-refractivity contribution in [2.24, 2.45) is 0 Å². The highest BCUT2D eigenvalue weighted by Crippen LogP contribution is 2.28. The van der Waals surface area contributed by atoms with Crippen molar-refractivity contribution in [3.8, 4) is 23.1 Å². The molecule has 4 aromatic carbocycles. The molecule has 5 rings (SSSR count). The monoisotopic (exact) mass is 477 g/mol. The maximum atomic E-state index is 13.2. The predicted octanol–water partition coefficient (Wildman–Crippen LogP) is 6.61. The maximum Gasteiger partial charge on any atom is 0.256 e. The fraction of sp³-hybridized carbons (Fsp3) is 0.0690. The van der Waals surface area contributed by atoms with Crippen LogP contribution in [0.25, 0.3) is 10.8 Å². The van der Waals surface area contributed by atoms with Gasteiger partial charge in [-0.05, 0) is 59.3 Å². The van der Waals surface area contributed by atoms with E-state index in [1.807, 2.05) is 78.9 Å². The second-order valence-electron chi connectivity index (χ2n) is 7.93. The van der Waals surface area contributed by atoms with Crippen molar-refractivity contribution in [2.75, 3.05) is 12.4 Å². The molecule has 1 amide bonds. The van der Waals surface area contributed by atoms with E-state index in [9.17, 15) is 4.79 Å². The van der Waals surface area contributed by atoms with Crippen LogP contribution in [0.5, 0.6) is 23.1 Å². The minimum atomic E-state index is -0.217. The molecule has 0 fully saturated rings. The molecule has 0 aliphatic heterocycles. The molecule has 1 N–H and O–H groups in total. The summed E-state index contributed by atoms with van der Waals surface area (Å²) < 4.78 is 16.9. The van der Waals surface area contributed by atoms with Crippen molar-refractivity contribution in [3.63, 3.8) is 0 Å². The molecule has 0 unspecified atom stereocenters. The Balaban J connectivity index is 1.34. The highest BCUT2D eigenvalue weighted by Gasteiger charge is 2.12. The molecule has 36 heavy (non-hydrogen) atoms. The Morgan fingerprint density at radius 2 is 1.61 bits per heavy atom. The van der Waals surface area contributed by atoms with Crippen molar-refractivity contribution in [1.29, 1.82) is 0 Å². The van der Waals surface area contributed by atoms with Gasteiger partial charge < -0.3 is 19.5 Å². The average molecular weight is 478 g/mol. The lowest BCUT2D eigenvalue weighted by atomic mass is 10.0. The van der Waals surface area contributed by atoms with Crippen LogP contribution in [0.3, 0.4) is 0 Å². The molecule has 0 atom stereocenters. The van der Waals surface area contributed by atoms with Crippen LogP contribution >= 0.6 is 0 Å². The summed E-state index contributed by atoms with van der Waals surface area (Å²) in [5.41, 5.74) is 1.19. The first-order valence-corrected chi connectivity index (χ1v) is 11.3. The molecule has 1 aromatic heterocycles. The first-order chi connectivity index (χ1) is 17.7. The second kappa shape index (κ2) is 10.7. The molecule has 7 heteroatoms. The van der Waals surface area contributed by atoms with Crippen LogP contribution in [-0.4, -0.2) is 23.0 Å². The third kappa shape index (κ3) is 5.48. The maximum absolute atomic E-state index is 13.2.